The third-order valence-corrected chi connectivity index (χ3v) is 4.82. The van der Waals surface area contributed by atoms with Crippen molar-refractivity contribution in [1.82, 2.24) is 4.90 Å². The predicted octanol–water partition coefficient (Wildman–Crippen LogP) is 3.15. The first-order valence-electron chi connectivity index (χ1n) is 6.68. The van der Waals surface area contributed by atoms with E-state index in [9.17, 15) is 17.6 Å². The van der Waals surface area contributed by atoms with Crippen LogP contribution >= 0.6 is 11.6 Å². The summed E-state index contributed by atoms with van der Waals surface area (Å²) in [7, 11) is -1.79. The van der Waals surface area contributed by atoms with E-state index in [4.69, 9.17) is 11.6 Å². The van der Waals surface area contributed by atoms with Gasteiger partial charge in [0.25, 0.3) is 5.91 Å². The molecule has 0 N–H and O–H groups in total. The van der Waals surface area contributed by atoms with Gasteiger partial charge >= 0.3 is 0 Å². The maximum absolute atomic E-state index is 13.8. The van der Waals surface area contributed by atoms with Gasteiger partial charge in [0.1, 0.15) is 5.82 Å². The highest BCUT2D eigenvalue weighted by molar-refractivity contribution is 7.90. The van der Waals surface area contributed by atoms with Gasteiger partial charge < -0.3 is 4.90 Å². The molecular formula is C16H15ClFNO3S. The smallest absolute Gasteiger partial charge is 0.253 e. The van der Waals surface area contributed by atoms with Crippen molar-refractivity contribution in [3.05, 3.63) is 64.4 Å². The summed E-state index contributed by atoms with van der Waals surface area (Å²) in [4.78, 5) is 13.8. The van der Waals surface area contributed by atoms with Crippen molar-refractivity contribution in [2.24, 2.45) is 0 Å². The molecular weight excluding hydrogens is 341 g/mol. The molecule has 0 saturated heterocycles. The molecule has 0 unspecified atom stereocenters. The first kappa shape index (κ1) is 17.4. The summed E-state index contributed by atoms with van der Waals surface area (Å²) in [5.41, 5.74) is 0.546. The number of rotatable bonds is 4. The first-order valence-corrected chi connectivity index (χ1v) is 8.95. The second-order valence-corrected chi connectivity index (χ2v) is 7.58. The Morgan fingerprint density at radius 1 is 1.17 bits per heavy atom. The average Bonchev–Trinajstić information content (AvgIpc) is 2.49. The van der Waals surface area contributed by atoms with Crippen LogP contribution in [-0.4, -0.2) is 32.5 Å². The van der Waals surface area contributed by atoms with Crippen molar-refractivity contribution in [3.8, 4) is 0 Å². The van der Waals surface area contributed by atoms with Crippen LogP contribution in [0.1, 0.15) is 15.9 Å². The number of carbonyl (C=O) groups excluding carboxylic acids is 1. The number of hydrogen-bond acceptors (Lipinski definition) is 3. The molecule has 0 aliphatic carbocycles. The van der Waals surface area contributed by atoms with Gasteiger partial charge in [-0.3, -0.25) is 4.79 Å². The third kappa shape index (κ3) is 4.09. The molecule has 23 heavy (non-hydrogen) atoms. The fourth-order valence-corrected chi connectivity index (χ4v) is 2.91. The van der Waals surface area contributed by atoms with E-state index in [1.54, 1.807) is 6.07 Å². The molecule has 0 heterocycles. The average molecular weight is 356 g/mol. The first-order chi connectivity index (χ1) is 10.7. The number of hydrogen-bond donors (Lipinski definition) is 0. The molecule has 0 saturated carbocycles. The van der Waals surface area contributed by atoms with Gasteiger partial charge in [-0.2, -0.15) is 0 Å². The van der Waals surface area contributed by atoms with Crippen LogP contribution in [0.2, 0.25) is 5.02 Å². The van der Waals surface area contributed by atoms with Crippen molar-refractivity contribution in [2.45, 2.75) is 11.4 Å². The molecule has 0 aromatic heterocycles. The number of carbonyl (C=O) groups is 1. The summed E-state index contributed by atoms with van der Waals surface area (Å²) < 4.78 is 36.6. The van der Waals surface area contributed by atoms with Crippen molar-refractivity contribution < 1.29 is 17.6 Å². The molecule has 2 rings (SSSR count). The Morgan fingerprint density at radius 2 is 1.78 bits per heavy atom. The molecule has 0 radical (unpaired) electrons. The summed E-state index contributed by atoms with van der Waals surface area (Å²) in [6, 6.07) is 9.92. The lowest BCUT2D eigenvalue weighted by Gasteiger charge is -2.18. The minimum atomic E-state index is -3.32. The van der Waals surface area contributed by atoms with Gasteiger partial charge in [-0.1, -0.05) is 17.7 Å². The zero-order chi connectivity index (χ0) is 17.2. The highest BCUT2D eigenvalue weighted by atomic mass is 35.5. The summed E-state index contributed by atoms with van der Waals surface area (Å²) in [5.74, 6) is -0.839. The third-order valence-electron chi connectivity index (χ3n) is 3.33. The summed E-state index contributed by atoms with van der Waals surface area (Å²) in [6.07, 6.45) is 1.09. The molecule has 2 aromatic rings. The highest BCUT2D eigenvalue weighted by Crippen LogP contribution is 2.21. The molecule has 0 bridgehead atoms. The topological polar surface area (TPSA) is 54.5 Å². The second-order valence-electron chi connectivity index (χ2n) is 5.16. The summed E-state index contributed by atoms with van der Waals surface area (Å²) >= 11 is 5.95. The van der Waals surface area contributed by atoms with Crippen LogP contribution in [0.5, 0.6) is 0 Å². The lowest BCUT2D eigenvalue weighted by Crippen LogP contribution is -2.26. The minimum Gasteiger partial charge on any atom is -0.337 e. The van der Waals surface area contributed by atoms with E-state index in [-0.39, 0.29) is 27.9 Å². The Kier molecular flexibility index (Phi) is 5.06. The van der Waals surface area contributed by atoms with E-state index in [0.29, 0.717) is 5.56 Å². The van der Waals surface area contributed by atoms with Crippen LogP contribution in [0.4, 0.5) is 4.39 Å². The largest absolute Gasteiger partial charge is 0.337 e. The van der Waals surface area contributed by atoms with Gasteiger partial charge in [-0.15, -0.1) is 0 Å². The van der Waals surface area contributed by atoms with E-state index in [1.165, 1.54) is 48.3 Å². The van der Waals surface area contributed by atoms with E-state index in [0.717, 1.165) is 6.26 Å². The molecule has 7 heteroatoms. The fourth-order valence-electron chi connectivity index (χ4n) is 2.06. The van der Waals surface area contributed by atoms with Crippen LogP contribution in [0.15, 0.2) is 47.4 Å². The fraction of sp³-hybridized carbons (Fsp3) is 0.188. The number of halogens is 2. The molecule has 4 nitrogen and oxygen atoms in total. The zero-order valence-electron chi connectivity index (χ0n) is 12.6. The van der Waals surface area contributed by atoms with Crippen LogP contribution in [0.3, 0.4) is 0 Å². The Morgan fingerprint density at radius 3 is 2.30 bits per heavy atom. The molecule has 0 spiro atoms. The van der Waals surface area contributed by atoms with Gasteiger partial charge in [-0.05, 0) is 36.4 Å². The van der Waals surface area contributed by atoms with Crippen molar-refractivity contribution in [2.75, 3.05) is 13.3 Å². The van der Waals surface area contributed by atoms with Gasteiger partial charge in [0, 0.05) is 36.0 Å². The Bertz CT molecular complexity index is 815. The van der Waals surface area contributed by atoms with E-state index >= 15 is 0 Å². The second kappa shape index (κ2) is 6.68. The molecule has 122 valence electrons. The van der Waals surface area contributed by atoms with E-state index in [2.05, 4.69) is 0 Å². The van der Waals surface area contributed by atoms with Crippen LogP contribution < -0.4 is 0 Å². The maximum Gasteiger partial charge on any atom is 0.253 e. The molecule has 2 aromatic carbocycles. The van der Waals surface area contributed by atoms with Crippen molar-refractivity contribution >= 4 is 27.3 Å². The normalized spacial score (nSPS) is 11.3. The predicted molar refractivity (Wildman–Crippen MR) is 86.8 cm³/mol. The lowest BCUT2D eigenvalue weighted by molar-refractivity contribution is 0.0784. The molecule has 0 aliphatic heterocycles. The van der Waals surface area contributed by atoms with Gasteiger partial charge in [0.2, 0.25) is 0 Å². The minimum absolute atomic E-state index is 0.0121. The molecule has 1 amide bonds. The monoisotopic (exact) mass is 355 g/mol. The zero-order valence-corrected chi connectivity index (χ0v) is 14.2. The number of nitrogens with zero attached hydrogens (tertiary/aromatic N) is 1. The van der Waals surface area contributed by atoms with Gasteiger partial charge in [-0.25, -0.2) is 12.8 Å². The summed E-state index contributed by atoms with van der Waals surface area (Å²) in [5, 5.41) is 0.247. The SMILES string of the molecule is CN(Cc1c(F)cccc1Cl)C(=O)c1ccc(S(C)(=O)=O)cc1. The van der Waals surface area contributed by atoms with Crippen LogP contribution in [-0.2, 0) is 16.4 Å². The number of benzene rings is 2. The Hall–Kier alpha value is -1.92. The standard InChI is InChI=1S/C16H15ClFNO3S/c1-19(10-13-14(17)4-3-5-15(13)18)16(20)11-6-8-12(9-7-11)23(2,21)22/h3-9H,10H2,1-2H3. The Labute approximate surface area is 139 Å². The van der Waals surface area contributed by atoms with E-state index in [1.807, 2.05) is 0 Å². The molecule has 0 atom stereocenters. The summed E-state index contributed by atoms with van der Waals surface area (Å²) in [6.45, 7) is 0.0121. The highest BCUT2D eigenvalue weighted by Gasteiger charge is 2.16. The van der Waals surface area contributed by atoms with E-state index < -0.39 is 15.7 Å². The maximum atomic E-state index is 13.8. The van der Waals surface area contributed by atoms with Crippen LogP contribution in [0.25, 0.3) is 0 Å². The van der Waals surface area contributed by atoms with Crippen molar-refractivity contribution in [1.29, 1.82) is 0 Å². The Balaban J connectivity index is 2.20. The molecule has 0 fully saturated rings. The number of sulfone groups is 1. The van der Waals surface area contributed by atoms with Crippen LogP contribution in [0, 0.1) is 5.82 Å². The number of amides is 1. The molecule has 0 aliphatic rings. The quantitative estimate of drug-likeness (QED) is 0.846. The van der Waals surface area contributed by atoms with Crippen molar-refractivity contribution in [3.63, 3.8) is 0 Å². The lowest BCUT2D eigenvalue weighted by atomic mass is 10.1. The van der Waals surface area contributed by atoms with Gasteiger partial charge in [0.05, 0.1) is 4.90 Å². The van der Waals surface area contributed by atoms with Gasteiger partial charge in [0.15, 0.2) is 9.84 Å².